The lowest BCUT2D eigenvalue weighted by Crippen LogP contribution is -2.52. The molecule has 2 N–H and O–H groups in total. The van der Waals surface area contributed by atoms with Crippen LogP contribution in [0.2, 0.25) is 0 Å². The smallest absolute Gasteiger partial charge is 0.0697 e. The van der Waals surface area contributed by atoms with E-state index in [0.29, 0.717) is 0 Å². The first-order chi connectivity index (χ1) is 7.79. The van der Waals surface area contributed by atoms with Gasteiger partial charge in [-0.3, -0.25) is 0 Å². The lowest BCUT2D eigenvalue weighted by Gasteiger charge is -2.49. The number of nitrogens with two attached hydrogens (primary N) is 1. The van der Waals surface area contributed by atoms with Gasteiger partial charge in [-0.1, -0.05) is 6.92 Å². The summed E-state index contributed by atoms with van der Waals surface area (Å²) in [5, 5.41) is 0. The van der Waals surface area contributed by atoms with Crippen LogP contribution in [0.15, 0.2) is 0 Å². The molecule has 1 spiro atoms. The molecule has 94 valence electrons. The number of rotatable bonds is 5. The number of hydrogen-bond acceptors (Lipinski definition) is 3. The van der Waals surface area contributed by atoms with Gasteiger partial charge in [0, 0.05) is 12.6 Å². The second-order valence-corrected chi connectivity index (χ2v) is 5.30. The van der Waals surface area contributed by atoms with Crippen molar-refractivity contribution in [3.05, 3.63) is 0 Å². The Morgan fingerprint density at radius 3 is 2.81 bits per heavy atom. The maximum atomic E-state index is 5.98. The van der Waals surface area contributed by atoms with Crippen LogP contribution in [-0.2, 0) is 4.74 Å². The quantitative estimate of drug-likeness (QED) is 0.776. The third-order valence-electron chi connectivity index (χ3n) is 4.30. The number of nitrogens with zero attached hydrogens (tertiary/aromatic N) is 1. The molecule has 3 nitrogen and oxygen atoms in total. The second-order valence-electron chi connectivity index (χ2n) is 5.30. The Morgan fingerprint density at radius 2 is 2.25 bits per heavy atom. The zero-order valence-electron chi connectivity index (χ0n) is 10.6. The van der Waals surface area contributed by atoms with Crippen LogP contribution in [0.5, 0.6) is 0 Å². The molecule has 1 aliphatic heterocycles. The van der Waals surface area contributed by atoms with E-state index in [2.05, 4.69) is 11.8 Å². The van der Waals surface area contributed by atoms with E-state index in [1.807, 2.05) is 0 Å². The van der Waals surface area contributed by atoms with Crippen LogP contribution in [0, 0.1) is 0 Å². The standard InChI is InChI=1S/C13H26N2O/c1-2-15(9-4-8-14)12-5-10-16-13(11-12)6-3-7-13/h12H,2-11,14H2,1H3. The monoisotopic (exact) mass is 226 g/mol. The van der Waals surface area contributed by atoms with Crippen molar-refractivity contribution in [3.8, 4) is 0 Å². The second kappa shape index (κ2) is 5.48. The van der Waals surface area contributed by atoms with E-state index in [4.69, 9.17) is 10.5 Å². The summed E-state index contributed by atoms with van der Waals surface area (Å²) in [5.74, 6) is 0. The van der Waals surface area contributed by atoms with Crippen molar-refractivity contribution in [1.82, 2.24) is 4.90 Å². The highest BCUT2D eigenvalue weighted by molar-refractivity contribution is 4.96. The van der Waals surface area contributed by atoms with Gasteiger partial charge in [-0.05, 0) is 58.2 Å². The summed E-state index contributed by atoms with van der Waals surface area (Å²) in [5.41, 5.74) is 5.88. The zero-order valence-corrected chi connectivity index (χ0v) is 10.6. The van der Waals surface area contributed by atoms with E-state index >= 15 is 0 Å². The topological polar surface area (TPSA) is 38.5 Å². The third-order valence-corrected chi connectivity index (χ3v) is 4.30. The fourth-order valence-electron chi connectivity index (χ4n) is 3.13. The van der Waals surface area contributed by atoms with Crippen molar-refractivity contribution >= 4 is 0 Å². The minimum Gasteiger partial charge on any atom is -0.375 e. The van der Waals surface area contributed by atoms with Gasteiger partial charge in [0.1, 0.15) is 0 Å². The summed E-state index contributed by atoms with van der Waals surface area (Å²) in [6, 6.07) is 0.741. The summed E-state index contributed by atoms with van der Waals surface area (Å²) in [4.78, 5) is 2.61. The molecular formula is C13H26N2O. The molecule has 2 fully saturated rings. The molecule has 1 atom stereocenters. The molecule has 2 rings (SSSR count). The molecule has 0 radical (unpaired) electrons. The van der Waals surface area contributed by atoms with Crippen molar-refractivity contribution in [2.24, 2.45) is 5.73 Å². The molecule has 0 bridgehead atoms. The minimum absolute atomic E-state index is 0.277. The van der Waals surface area contributed by atoms with Crippen molar-refractivity contribution in [1.29, 1.82) is 0 Å². The summed E-state index contributed by atoms with van der Waals surface area (Å²) in [6.45, 7) is 6.35. The van der Waals surface area contributed by atoms with E-state index in [1.165, 1.54) is 32.1 Å². The molecule has 0 aromatic carbocycles. The highest BCUT2D eigenvalue weighted by atomic mass is 16.5. The predicted molar refractivity (Wildman–Crippen MR) is 66.5 cm³/mol. The van der Waals surface area contributed by atoms with Crippen LogP contribution >= 0.6 is 0 Å². The van der Waals surface area contributed by atoms with Crippen LogP contribution in [-0.4, -0.2) is 42.8 Å². The maximum absolute atomic E-state index is 5.98. The van der Waals surface area contributed by atoms with Gasteiger partial charge >= 0.3 is 0 Å². The Balaban J connectivity index is 1.86. The van der Waals surface area contributed by atoms with Crippen molar-refractivity contribution in [2.45, 2.75) is 57.1 Å². The van der Waals surface area contributed by atoms with Crippen molar-refractivity contribution < 1.29 is 4.74 Å². The van der Waals surface area contributed by atoms with Gasteiger partial charge < -0.3 is 15.4 Å². The summed E-state index contributed by atoms with van der Waals surface area (Å²) < 4.78 is 5.98. The Morgan fingerprint density at radius 1 is 1.44 bits per heavy atom. The fourth-order valence-corrected chi connectivity index (χ4v) is 3.13. The molecule has 16 heavy (non-hydrogen) atoms. The molecule has 1 saturated heterocycles. The van der Waals surface area contributed by atoms with Crippen LogP contribution in [0.4, 0.5) is 0 Å². The van der Waals surface area contributed by atoms with E-state index in [1.54, 1.807) is 0 Å². The van der Waals surface area contributed by atoms with Gasteiger partial charge in [-0.25, -0.2) is 0 Å². The Kier molecular flexibility index (Phi) is 4.22. The summed E-state index contributed by atoms with van der Waals surface area (Å²) >= 11 is 0. The predicted octanol–water partition coefficient (Wildman–Crippen LogP) is 1.76. The van der Waals surface area contributed by atoms with E-state index in [9.17, 15) is 0 Å². The van der Waals surface area contributed by atoms with Gasteiger partial charge in [0.05, 0.1) is 5.60 Å². The third kappa shape index (κ3) is 2.58. The molecule has 1 heterocycles. The minimum atomic E-state index is 0.277. The zero-order chi connectivity index (χ0) is 11.4. The lowest BCUT2D eigenvalue weighted by molar-refractivity contribution is -0.148. The first-order valence-electron chi connectivity index (χ1n) is 6.88. The Hall–Kier alpha value is -0.120. The van der Waals surface area contributed by atoms with E-state index < -0.39 is 0 Å². The molecule has 2 aliphatic rings. The highest BCUT2D eigenvalue weighted by Gasteiger charge is 2.43. The molecule has 1 aliphatic carbocycles. The lowest BCUT2D eigenvalue weighted by atomic mass is 9.73. The van der Waals surface area contributed by atoms with Crippen molar-refractivity contribution in [2.75, 3.05) is 26.2 Å². The van der Waals surface area contributed by atoms with Gasteiger partial charge in [-0.15, -0.1) is 0 Å². The van der Waals surface area contributed by atoms with Gasteiger partial charge in [-0.2, -0.15) is 0 Å². The molecule has 1 saturated carbocycles. The van der Waals surface area contributed by atoms with Crippen molar-refractivity contribution in [3.63, 3.8) is 0 Å². The molecule has 0 amide bonds. The highest BCUT2D eigenvalue weighted by Crippen LogP contribution is 2.43. The Bertz CT molecular complexity index is 216. The SMILES string of the molecule is CCN(CCCN)C1CCOC2(CCC2)C1. The first kappa shape index (κ1) is 12.3. The fraction of sp³-hybridized carbons (Fsp3) is 1.00. The van der Waals surface area contributed by atoms with Gasteiger partial charge in [0.25, 0.3) is 0 Å². The maximum Gasteiger partial charge on any atom is 0.0697 e. The molecule has 0 aromatic rings. The van der Waals surface area contributed by atoms with E-state index in [-0.39, 0.29) is 5.60 Å². The van der Waals surface area contributed by atoms with Crippen LogP contribution in [0.25, 0.3) is 0 Å². The number of hydrogen-bond donors (Lipinski definition) is 1. The van der Waals surface area contributed by atoms with Crippen LogP contribution in [0.1, 0.15) is 45.4 Å². The molecule has 0 aromatic heterocycles. The number of ether oxygens (including phenoxy) is 1. The Labute approximate surface area is 99.3 Å². The largest absolute Gasteiger partial charge is 0.375 e. The molecule has 1 unspecified atom stereocenters. The van der Waals surface area contributed by atoms with E-state index in [0.717, 1.165) is 38.7 Å². The summed E-state index contributed by atoms with van der Waals surface area (Å²) in [7, 11) is 0. The molecular weight excluding hydrogens is 200 g/mol. The average molecular weight is 226 g/mol. The normalized spacial score (nSPS) is 28.3. The average Bonchev–Trinajstić information content (AvgIpc) is 2.28. The molecule has 3 heteroatoms. The summed E-state index contributed by atoms with van der Waals surface area (Å²) in [6.07, 6.45) is 7.53. The first-order valence-corrected chi connectivity index (χ1v) is 6.88. The van der Waals surface area contributed by atoms with Gasteiger partial charge in [0.15, 0.2) is 0 Å². The van der Waals surface area contributed by atoms with Crippen LogP contribution < -0.4 is 5.73 Å². The van der Waals surface area contributed by atoms with Crippen LogP contribution in [0.3, 0.4) is 0 Å². The van der Waals surface area contributed by atoms with Gasteiger partial charge in [0.2, 0.25) is 0 Å².